The lowest BCUT2D eigenvalue weighted by molar-refractivity contribution is 0.102. The Kier molecular flexibility index (Phi) is 5.41. The molecule has 128 valence electrons. The molecule has 1 N–H and O–H groups in total. The smallest absolute Gasteiger partial charge is 0.255 e. The first-order chi connectivity index (χ1) is 11.9. The van der Waals surface area contributed by atoms with Gasteiger partial charge in [0.2, 0.25) is 0 Å². The van der Waals surface area contributed by atoms with Gasteiger partial charge >= 0.3 is 0 Å². The van der Waals surface area contributed by atoms with Crippen LogP contribution in [0.1, 0.15) is 10.4 Å². The number of hydrogen-bond acceptors (Lipinski definition) is 4. The second-order valence-corrected chi connectivity index (χ2v) is 7.33. The van der Waals surface area contributed by atoms with E-state index < -0.39 is 11.7 Å². The van der Waals surface area contributed by atoms with Crippen LogP contribution in [0.25, 0.3) is 0 Å². The van der Waals surface area contributed by atoms with Crippen molar-refractivity contribution in [2.45, 2.75) is 10.1 Å². The number of rotatable bonds is 4. The normalized spacial score (nSPS) is 10.7. The molecular weight excluding hydrogens is 431 g/mol. The Hall–Kier alpha value is -1.90. The van der Waals surface area contributed by atoms with E-state index in [1.807, 2.05) is 7.05 Å². The van der Waals surface area contributed by atoms with Crippen LogP contribution in [0.3, 0.4) is 0 Å². The van der Waals surface area contributed by atoms with Gasteiger partial charge in [-0.15, -0.1) is 10.2 Å². The number of anilines is 1. The number of aryl methyl sites for hydroxylation is 1. The van der Waals surface area contributed by atoms with E-state index >= 15 is 0 Å². The summed E-state index contributed by atoms with van der Waals surface area (Å²) in [6.45, 7) is 0. The molecule has 1 heterocycles. The van der Waals surface area contributed by atoms with Gasteiger partial charge in [-0.25, -0.2) is 4.39 Å². The lowest BCUT2D eigenvalue weighted by Gasteiger charge is -2.09. The number of nitrogens with one attached hydrogen (secondary N) is 1. The molecule has 9 heteroatoms. The van der Waals surface area contributed by atoms with Crippen molar-refractivity contribution in [2.24, 2.45) is 7.05 Å². The zero-order chi connectivity index (χ0) is 18.0. The fourth-order valence-electron chi connectivity index (χ4n) is 1.97. The van der Waals surface area contributed by atoms with E-state index in [1.165, 1.54) is 30.0 Å². The molecule has 0 saturated heterocycles. The molecule has 0 spiro atoms. The average molecular weight is 442 g/mol. The molecule has 0 saturated carbocycles. The minimum atomic E-state index is -0.499. The summed E-state index contributed by atoms with van der Waals surface area (Å²) >= 11 is 10.7. The average Bonchev–Trinajstić information content (AvgIpc) is 2.97. The molecule has 25 heavy (non-hydrogen) atoms. The van der Waals surface area contributed by atoms with Gasteiger partial charge in [-0.1, -0.05) is 11.6 Å². The highest BCUT2D eigenvalue weighted by Crippen LogP contribution is 2.33. The zero-order valence-electron chi connectivity index (χ0n) is 12.8. The standard InChI is InChI=1S/C16H11BrClFN4OS/c1-23-8-20-22-16(23)25-14-5-3-10(7-12(14)18)21-15(24)9-2-4-11(17)13(19)6-9/h2-8H,1H3,(H,21,24). The van der Waals surface area contributed by atoms with Crippen molar-refractivity contribution in [3.05, 3.63) is 63.6 Å². The van der Waals surface area contributed by atoms with Crippen molar-refractivity contribution in [1.82, 2.24) is 14.8 Å². The van der Waals surface area contributed by atoms with Crippen molar-refractivity contribution in [3.8, 4) is 0 Å². The first-order valence-electron chi connectivity index (χ1n) is 7.02. The monoisotopic (exact) mass is 440 g/mol. The minimum Gasteiger partial charge on any atom is -0.322 e. The minimum absolute atomic E-state index is 0.217. The third-order valence-corrected chi connectivity index (χ3v) is 5.44. The number of hydrogen-bond donors (Lipinski definition) is 1. The molecule has 0 atom stereocenters. The van der Waals surface area contributed by atoms with E-state index in [0.717, 1.165) is 4.90 Å². The van der Waals surface area contributed by atoms with Crippen molar-refractivity contribution in [3.63, 3.8) is 0 Å². The fourth-order valence-corrected chi connectivity index (χ4v) is 3.28. The van der Waals surface area contributed by atoms with Crippen LogP contribution >= 0.6 is 39.3 Å². The molecule has 0 fully saturated rings. The van der Waals surface area contributed by atoms with Crippen molar-refractivity contribution in [1.29, 1.82) is 0 Å². The number of amides is 1. The summed E-state index contributed by atoms with van der Waals surface area (Å²) in [6.07, 6.45) is 1.60. The Morgan fingerprint density at radius 1 is 1.32 bits per heavy atom. The Bertz CT molecular complexity index is 950. The van der Waals surface area contributed by atoms with E-state index in [-0.39, 0.29) is 5.56 Å². The van der Waals surface area contributed by atoms with Gasteiger partial charge in [-0.2, -0.15) is 0 Å². The molecule has 0 aliphatic rings. The molecular formula is C16H11BrClFN4OS. The van der Waals surface area contributed by atoms with Crippen LogP contribution in [0, 0.1) is 5.82 Å². The number of nitrogens with zero attached hydrogens (tertiary/aromatic N) is 3. The van der Waals surface area contributed by atoms with Crippen LogP contribution in [0.4, 0.5) is 10.1 Å². The van der Waals surface area contributed by atoms with Gasteiger partial charge in [0.25, 0.3) is 5.91 Å². The van der Waals surface area contributed by atoms with Gasteiger partial charge in [0, 0.05) is 23.2 Å². The molecule has 1 aromatic heterocycles. The lowest BCUT2D eigenvalue weighted by atomic mass is 10.2. The molecule has 0 unspecified atom stereocenters. The Morgan fingerprint density at radius 2 is 2.12 bits per heavy atom. The SMILES string of the molecule is Cn1cnnc1Sc1ccc(NC(=O)c2ccc(Br)c(F)c2)cc1Cl. The topological polar surface area (TPSA) is 59.8 Å². The number of halogens is 3. The van der Waals surface area contributed by atoms with Crippen LogP contribution in [-0.4, -0.2) is 20.7 Å². The number of carbonyl (C=O) groups excluding carboxylic acids is 1. The number of carbonyl (C=O) groups is 1. The van der Waals surface area contributed by atoms with Gasteiger partial charge < -0.3 is 9.88 Å². The van der Waals surface area contributed by atoms with Crippen LogP contribution in [0.5, 0.6) is 0 Å². The molecule has 5 nitrogen and oxygen atoms in total. The molecule has 3 aromatic rings. The molecule has 2 aromatic carbocycles. The molecule has 3 rings (SSSR count). The second kappa shape index (κ2) is 7.55. The highest BCUT2D eigenvalue weighted by molar-refractivity contribution is 9.10. The number of benzene rings is 2. The Balaban J connectivity index is 1.75. The molecule has 0 bridgehead atoms. The van der Waals surface area contributed by atoms with Crippen molar-refractivity contribution >= 4 is 50.9 Å². The lowest BCUT2D eigenvalue weighted by Crippen LogP contribution is -2.12. The van der Waals surface area contributed by atoms with Gasteiger partial charge in [0.1, 0.15) is 12.1 Å². The van der Waals surface area contributed by atoms with Crippen LogP contribution < -0.4 is 5.32 Å². The van der Waals surface area contributed by atoms with Crippen LogP contribution in [-0.2, 0) is 7.05 Å². The zero-order valence-corrected chi connectivity index (χ0v) is 16.0. The summed E-state index contributed by atoms with van der Waals surface area (Å²) < 4.78 is 15.6. The summed E-state index contributed by atoms with van der Waals surface area (Å²) in [5.41, 5.74) is 0.731. The Morgan fingerprint density at radius 3 is 2.76 bits per heavy atom. The summed E-state index contributed by atoms with van der Waals surface area (Å²) in [4.78, 5) is 13.0. The van der Waals surface area contributed by atoms with E-state index in [2.05, 4.69) is 31.4 Å². The predicted molar refractivity (Wildman–Crippen MR) is 98.6 cm³/mol. The van der Waals surface area contributed by atoms with Gasteiger partial charge in [0.05, 0.1) is 9.50 Å². The Labute approximate surface area is 160 Å². The van der Waals surface area contributed by atoms with Crippen molar-refractivity contribution < 1.29 is 9.18 Å². The first kappa shape index (κ1) is 17.9. The van der Waals surface area contributed by atoms with E-state index in [0.29, 0.717) is 20.3 Å². The largest absolute Gasteiger partial charge is 0.322 e. The molecule has 0 aliphatic carbocycles. The maximum absolute atomic E-state index is 13.5. The maximum atomic E-state index is 13.5. The summed E-state index contributed by atoms with van der Waals surface area (Å²) in [5.74, 6) is -0.919. The highest BCUT2D eigenvalue weighted by atomic mass is 79.9. The first-order valence-corrected chi connectivity index (χ1v) is 9.00. The fraction of sp³-hybridized carbons (Fsp3) is 0.0625. The second-order valence-electron chi connectivity index (χ2n) is 5.05. The third-order valence-electron chi connectivity index (χ3n) is 3.24. The van der Waals surface area contributed by atoms with Crippen LogP contribution in [0.15, 0.2) is 57.3 Å². The van der Waals surface area contributed by atoms with Gasteiger partial charge in [-0.3, -0.25) is 4.79 Å². The van der Waals surface area contributed by atoms with Crippen LogP contribution in [0.2, 0.25) is 5.02 Å². The number of aromatic nitrogens is 3. The quantitative estimate of drug-likeness (QED) is 0.633. The summed E-state index contributed by atoms with van der Waals surface area (Å²) in [7, 11) is 1.84. The van der Waals surface area contributed by atoms with Gasteiger partial charge in [0.15, 0.2) is 5.16 Å². The molecule has 1 amide bonds. The summed E-state index contributed by atoms with van der Waals surface area (Å²) in [6, 6.07) is 9.31. The van der Waals surface area contributed by atoms with E-state index in [1.54, 1.807) is 29.1 Å². The maximum Gasteiger partial charge on any atom is 0.255 e. The van der Waals surface area contributed by atoms with E-state index in [4.69, 9.17) is 11.6 Å². The molecule has 0 radical (unpaired) electrons. The van der Waals surface area contributed by atoms with Crippen molar-refractivity contribution in [2.75, 3.05) is 5.32 Å². The highest BCUT2D eigenvalue weighted by Gasteiger charge is 2.12. The summed E-state index contributed by atoms with van der Waals surface area (Å²) in [5, 5.41) is 11.7. The molecule has 0 aliphatic heterocycles. The predicted octanol–water partition coefficient (Wildman–Crippen LogP) is 4.77. The van der Waals surface area contributed by atoms with Gasteiger partial charge in [-0.05, 0) is 64.1 Å². The third kappa shape index (κ3) is 4.20. The van der Waals surface area contributed by atoms with E-state index in [9.17, 15) is 9.18 Å².